The highest BCUT2D eigenvalue weighted by Crippen LogP contribution is 2.25. The lowest BCUT2D eigenvalue weighted by Crippen LogP contribution is -2.37. The number of carbonyl (C=O) groups is 1. The summed E-state index contributed by atoms with van der Waals surface area (Å²) in [7, 11) is 0. The van der Waals surface area contributed by atoms with E-state index in [4.69, 9.17) is 4.74 Å². The van der Waals surface area contributed by atoms with Crippen LogP contribution in [0, 0.1) is 0 Å². The summed E-state index contributed by atoms with van der Waals surface area (Å²) in [5.41, 5.74) is 1.47. The van der Waals surface area contributed by atoms with Crippen molar-refractivity contribution in [3.05, 3.63) is 83.6 Å². The van der Waals surface area contributed by atoms with Crippen LogP contribution in [0.4, 0.5) is 19.0 Å². The molecule has 6 nitrogen and oxygen atoms in total. The predicted molar refractivity (Wildman–Crippen MR) is 135 cm³/mol. The number of rotatable bonds is 11. The predicted octanol–water partition coefficient (Wildman–Crippen LogP) is 6.59. The van der Waals surface area contributed by atoms with Crippen LogP contribution in [0.15, 0.2) is 66.9 Å². The van der Waals surface area contributed by atoms with Crippen molar-refractivity contribution in [1.82, 2.24) is 4.98 Å². The number of carboxylic acid groups (broad SMARTS) is 1. The van der Waals surface area contributed by atoms with Crippen LogP contribution in [0.2, 0.25) is 0 Å². The first-order valence-electron chi connectivity index (χ1n) is 11.9. The smallest absolute Gasteiger partial charge is 0.478 e. The van der Waals surface area contributed by atoms with E-state index in [0.29, 0.717) is 31.2 Å². The number of aromatic nitrogens is 1. The Bertz CT molecular complexity index is 1180. The number of anilines is 1. The average Bonchev–Trinajstić information content (AvgIpc) is 2.82. The fraction of sp³-hybridized carbons (Fsp3) is 0.357. The van der Waals surface area contributed by atoms with Crippen LogP contribution in [-0.4, -0.2) is 34.6 Å². The minimum absolute atomic E-state index is 0.275. The van der Waals surface area contributed by atoms with Crippen molar-refractivity contribution in [2.24, 2.45) is 0 Å². The minimum Gasteiger partial charge on any atom is -0.478 e. The van der Waals surface area contributed by atoms with Crippen molar-refractivity contribution in [3.8, 4) is 11.5 Å². The molecule has 0 bridgehead atoms. The lowest BCUT2D eigenvalue weighted by molar-refractivity contribution is -0.274. The first kappa shape index (κ1) is 27.8. The molecule has 0 atom stereocenters. The monoisotopic (exact) mass is 516 g/mol. The van der Waals surface area contributed by atoms with Crippen LogP contribution in [0.5, 0.6) is 11.5 Å². The zero-order valence-electron chi connectivity index (χ0n) is 21.2. The summed E-state index contributed by atoms with van der Waals surface area (Å²) >= 11 is 0. The second-order valence-corrected chi connectivity index (χ2v) is 9.53. The molecule has 0 saturated carbocycles. The summed E-state index contributed by atoms with van der Waals surface area (Å²) in [6.45, 7) is 8.12. The van der Waals surface area contributed by atoms with Gasteiger partial charge in [0.05, 0.1) is 0 Å². The van der Waals surface area contributed by atoms with Crippen molar-refractivity contribution in [2.45, 2.75) is 58.5 Å². The molecule has 0 aliphatic carbocycles. The summed E-state index contributed by atoms with van der Waals surface area (Å²) in [6.07, 6.45) is -2.31. The number of pyridine rings is 1. The third-order valence-electron chi connectivity index (χ3n) is 5.75. The third kappa shape index (κ3) is 8.41. The second-order valence-electron chi connectivity index (χ2n) is 9.53. The van der Waals surface area contributed by atoms with E-state index in [2.05, 4.69) is 23.6 Å². The van der Waals surface area contributed by atoms with Gasteiger partial charge in [0.15, 0.2) is 5.60 Å². The Hall–Kier alpha value is -3.75. The average molecular weight is 517 g/mol. The largest absolute Gasteiger partial charge is 0.573 e. The maximum Gasteiger partial charge on any atom is 0.573 e. The van der Waals surface area contributed by atoms with Crippen molar-refractivity contribution < 1.29 is 32.5 Å². The van der Waals surface area contributed by atoms with E-state index >= 15 is 0 Å². The van der Waals surface area contributed by atoms with Crippen LogP contribution in [0.1, 0.15) is 50.3 Å². The normalized spacial score (nSPS) is 11.9. The molecule has 3 rings (SSSR count). The number of ether oxygens (including phenoxy) is 2. The summed E-state index contributed by atoms with van der Waals surface area (Å²) < 4.78 is 47.1. The number of aliphatic carboxylic acids is 1. The van der Waals surface area contributed by atoms with Gasteiger partial charge in [0.1, 0.15) is 17.3 Å². The molecule has 0 unspecified atom stereocenters. The molecule has 1 heterocycles. The van der Waals surface area contributed by atoms with Crippen molar-refractivity contribution in [1.29, 1.82) is 0 Å². The van der Waals surface area contributed by atoms with E-state index in [0.717, 1.165) is 22.5 Å². The van der Waals surface area contributed by atoms with Gasteiger partial charge in [-0.1, -0.05) is 44.2 Å². The fourth-order valence-corrected chi connectivity index (χ4v) is 3.58. The molecule has 1 N–H and O–H groups in total. The molecular formula is C28H31F3N2O4. The highest BCUT2D eigenvalue weighted by molar-refractivity contribution is 5.76. The highest BCUT2D eigenvalue weighted by atomic mass is 19.4. The SMILES string of the molecule is CC(C)c1ccc(N(CCc2cccc(OC(C)(C)C(=O)O)c2)Cc2ccc(OC(F)(F)F)cc2)nc1. The molecule has 0 aliphatic rings. The number of alkyl halides is 3. The van der Waals surface area contributed by atoms with Crippen LogP contribution in [0.3, 0.4) is 0 Å². The van der Waals surface area contributed by atoms with Crippen molar-refractivity contribution in [3.63, 3.8) is 0 Å². The maximum atomic E-state index is 12.5. The summed E-state index contributed by atoms with van der Waals surface area (Å²) in [4.78, 5) is 18.1. The maximum absolute atomic E-state index is 12.5. The van der Waals surface area contributed by atoms with Gasteiger partial charge in [-0.25, -0.2) is 9.78 Å². The van der Waals surface area contributed by atoms with Gasteiger partial charge >= 0.3 is 12.3 Å². The zero-order valence-corrected chi connectivity index (χ0v) is 21.2. The van der Waals surface area contributed by atoms with E-state index in [1.807, 2.05) is 35.4 Å². The Morgan fingerprint density at radius 2 is 1.68 bits per heavy atom. The Morgan fingerprint density at radius 1 is 0.973 bits per heavy atom. The zero-order chi connectivity index (χ0) is 27.2. The van der Waals surface area contributed by atoms with Crippen LogP contribution in [-0.2, 0) is 17.8 Å². The van der Waals surface area contributed by atoms with E-state index < -0.39 is 17.9 Å². The van der Waals surface area contributed by atoms with Gasteiger partial charge in [-0.2, -0.15) is 0 Å². The number of nitrogens with zero attached hydrogens (tertiary/aromatic N) is 2. The third-order valence-corrected chi connectivity index (χ3v) is 5.75. The Morgan fingerprint density at radius 3 is 2.24 bits per heavy atom. The van der Waals surface area contributed by atoms with Crippen molar-refractivity contribution in [2.75, 3.05) is 11.4 Å². The number of carboxylic acids is 1. The van der Waals surface area contributed by atoms with Gasteiger partial charge in [-0.05, 0) is 73.2 Å². The highest BCUT2D eigenvalue weighted by Gasteiger charge is 2.31. The standard InChI is InChI=1S/C28H31F3N2O4/c1-19(2)22-10-13-25(32-17-22)33(18-21-8-11-23(12-9-21)37-28(29,30)31)15-14-20-6-5-7-24(16-20)36-27(3,4)26(34)35/h5-13,16-17,19H,14-15,18H2,1-4H3,(H,34,35). The topological polar surface area (TPSA) is 71.9 Å². The van der Waals surface area contributed by atoms with Crippen LogP contribution >= 0.6 is 0 Å². The number of benzene rings is 2. The molecule has 0 amide bonds. The Labute approximate surface area is 214 Å². The summed E-state index contributed by atoms with van der Waals surface area (Å²) in [6, 6.07) is 17.0. The molecule has 9 heteroatoms. The fourth-order valence-electron chi connectivity index (χ4n) is 3.58. The van der Waals surface area contributed by atoms with Gasteiger partial charge in [-0.3, -0.25) is 0 Å². The second kappa shape index (κ2) is 11.5. The van der Waals surface area contributed by atoms with Crippen LogP contribution < -0.4 is 14.4 Å². The molecule has 0 spiro atoms. The molecule has 37 heavy (non-hydrogen) atoms. The van der Waals surface area contributed by atoms with Gasteiger partial charge in [0.25, 0.3) is 0 Å². The quantitative estimate of drug-likeness (QED) is 0.310. The van der Waals surface area contributed by atoms with Gasteiger partial charge in [0.2, 0.25) is 0 Å². The molecule has 0 aliphatic heterocycles. The first-order chi connectivity index (χ1) is 17.3. The molecule has 0 fully saturated rings. The Balaban J connectivity index is 1.78. The van der Waals surface area contributed by atoms with Gasteiger partial charge < -0.3 is 19.5 Å². The molecule has 198 valence electrons. The lowest BCUT2D eigenvalue weighted by atomic mass is 10.1. The van der Waals surface area contributed by atoms with E-state index in [9.17, 15) is 23.1 Å². The Kier molecular flexibility index (Phi) is 8.68. The summed E-state index contributed by atoms with van der Waals surface area (Å²) in [5, 5.41) is 9.34. The molecule has 0 radical (unpaired) electrons. The number of hydrogen-bond donors (Lipinski definition) is 1. The molecule has 3 aromatic rings. The molecule has 1 aromatic heterocycles. The van der Waals surface area contributed by atoms with Crippen LogP contribution in [0.25, 0.3) is 0 Å². The minimum atomic E-state index is -4.74. The van der Waals surface area contributed by atoms with Crippen molar-refractivity contribution >= 4 is 11.8 Å². The van der Waals surface area contributed by atoms with Gasteiger partial charge in [0, 0.05) is 19.3 Å². The lowest BCUT2D eigenvalue weighted by Gasteiger charge is -2.25. The van der Waals surface area contributed by atoms with E-state index in [1.165, 1.54) is 26.0 Å². The number of halogens is 3. The molecule has 2 aromatic carbocycles. The van der Waals surface area contributed by atoms with E-state index in [-0.39, 0.29) is 5.75 Å². The summed E-state index contributed by atoms with van der Waals surface area (Å²) in [5.74, 6) is 0.180. The van der Waals surface area contributed by atoms with Gasteiger partial charge in [-0.15, -0.1) is 13.2 Å². The molecule has 0 saturated heterocycles. The molecular weight excluding hydrogens is 485 g/mol. The first-order valence-corrected chi connectivity index (χ1v) is 11.9. The number of hydrogen-bond acceptors (Lipinski definition) is 5. The van der Waals surface area contributed by atoms with E-state index in [1.54, 1.807) is 24.3 Å².